The molecule has 366 valence electrons. The van der Waals surface area contributed by atoms with E-state index in [1.165, 1.54) is 77.0 Å². The Bertz CT molecular complexity index is 1250. The molecule has 0 amide bonds. The number of hydrogen-bond donors (Lipinski definition) is 0. The van der Waals surface area contributed by atoms with Gasteiger partial charge in [-0.3, -0.25) is 14.4 Å². The lowest BCUT2D eigenvalue weighted by molar-refractivity contribution is -0.167. The van der Waals surface area contributed by atoms with Crippen molar-refractivity contribution in [1.29, 1.82) is 0 Å². The summed E-state index contributed by atoms with van der Waals surface area (Å²) in [7, 11) is 0. The van der Waals surface area contributed by atoms with Crippen molar-refractivity contribution in [3.63, 3.8) is 0 Å². The number of unbranched alkanes of at least 4 members (excludes halogenated alkanes) is 22. The summed E-state index contributed by atoms with van der Waals surface area (Å²) in [5.74, 6) is -0.926. The van der Waals surface area contributed by atoms with Crippen LogP contribution in [0.15, 0.2) is 85.1 Å². The van der Waals surface area contributed by atoms with Crippen molar-refractivity contribution in [2.75, 3.05) is 13.2 Å². The van der Waals surface area contributed by atoms with Gasteiger partial charge >= 0.3 is 17.9 Å². The number of allylic oxidation sites excluding steroid dienone is 14. The average Bonchev–Trinajstić information content (AvgIpc) is 3.29. The Kier molecular flexibility index (Phi) is 49.4. The van der Waals surface area contributed by atoms with Crippen molar-refractivity contribution in [2.45, 2.75) is 252 Å². The molecule has 0 aromatic carbocycles. The minimum absolute atomic E-state index is 0.0910. The Labute approximate surface area is 395 Å². The minimum atomic E-state index is -0.791. The molecule has 1 unspecified atom stereocenters. The van der Waals surface area contributed by atoms with Gasteiger partial charge in [-0.2, -0.15) is 0 Å². The van der Waals surface area contributed by atoms with Crippen molar-refractivity contribution in [3.8, 4) is 0 Å². The predicted molar refractivity (Wildman–Crippen MR) is 274 cm³/mol. The molecule has 0 saturated carbocycles. The molecule has 6 nitrogen and oxygen atoms in total. The van der Waals surface area contributed by atoms with E-state index in [1.54, 1.807) is 0 Å². The summed E-state index contributed by atoms with van der Waals surface area (Å²) < 4.78 is 16.8. The first kappa shape index (κ1) is 60.6. The lowest BCUT2D eigenvalue weighted by atomic mass is 10.1. The third kappa shape index (κ3) is 49.6. The number of carbonyl (C=O) groups is 3. The number of hydrogen-bond acceptors (Lipinski definition) is 6. The fourth-order valence-electron chi connectivity index (χ4n) is 7.09. The van der Waals surface area contributed by atoms with E-state index in [2.05, 4.69) is 106 Å². The first-order valence-electron chi connectivity index (χ1n) is 26.6. The highest BCUT2D eigenvalue weighted by atomic mass is 16.6. The van der Waals surface area contributed by atoms with Gasteiger partial charge in [0.1, 0.15) is 13.2 Å². The Balaban J connectivity index is 4.39. The van der Waals surface area contributed by atoms with E-state index in [9.17, 15) is 14.4 Å². The van der Waals surface area contributed by atoms with Gasteiger partial charge < -0.3 is 14.2 Å². The highest BCUT2D eigenvalue weighted by molar-refractivity contribution is 5.71. The molecule has 0 radical (unpaired) electrons. The zero-order chi connectivity index (χ0) is 46.5. The maximum Gasteiger partial charge on any atom is 0.306 e. The molecule has 0 aliphatic heterocycles. The molecule has 0 aliphatic rings. The van der Waals surface area contributed by atoms with Crippen molar-refractivity contribution < 1.29 is 28.6 Å². The van der Waals surface area contributed by atoms with Gasteiger partial charge in [-0.15, -0.1) is 0 Å². The molecular weight excluding hydrogens is 793 g/mol. The first-order chi connectivity index (χ1) is 31.5. The van der Waals surface area contributed by atoms with Crippen LogP contribution in [-0.2, 0) is 28.6 Å². The Morgan fingerprint density at radius 3 is 1.02 bits per heavy atom. The second-order valence-electron chi connectivity index (χ2n) is 17.4. The molecule has 0 spiro atoms. The SMILES string of the molecule is CC/C=C\C/C=C\C/C=C\C/C=C\CCCCCCCCC(=O)OCC(COC(=O)CCCCCC/C=C\CCCC)OC(=O)CCCCCCCCC/C=C\C/C=C\CCCCC. The van der Waals surface area contributed by atoms with Crippen LogP contribution < -0.4 is 0 Å². The van der Waals surface area contributed by atoms with Crippen LogP contribution in [0.4, 0.5) is 0 Å². The van der Waals surface area contributed by atoms with Crippen LogP contribution in [0.25, 0.3) is 0 Å². The van der Waals surface area contributed by atoms with Crippen LogP contribution >= 0.6 is 0 Å². The topological polar surface area (TPSA) is 78.9 Å². The lowest BCUT2D eigenvalue weighted by Crippen LogP contribution is -2.30. The molecule has 64 heavy (non-hydrogen) atoms. The van der Waals surface area contributed by atoms with Gasteiger partial charge in [0.25, 0.3) is 0 Å². The molecule has 0 bridgehead atoms. The third-order valence-electron chi connectivity index (χ3n) is 11.1. The molecule has 1 atom stereocenters. The molecular formula is C58H98O6. The predicted octanol–water partition coefficient (Wildman–Crippen LogP) is 17.6. The third-order valence-corrected chi connectivity index (χ3v) is 11.1. The molecule has 0 aromatic rings. The number of esters is 3. The zero-order valence-corrected chi connectivity index (χ0v) is 41.8. The zero-order valence-electron chi connectivity index (χ0n) is 41.8. The second kappa shape index (κ2) is 52.2. The Morgan fingerprint density at radius 2 is 0.625 bits per heavy atom. The minimum Gasteiger partial charge on any atom is -0.462 e. The standard InChI is InChI=1S/C58H98O6/c1-4-7-10-13-16-19-22-24-26-28-29-31-32-34-36-39-42-45-48-51-57(60)63-54-55(53-62-56(59)50-47-44-41-38-21-18-15-12-9-6-3)64-58(61)52-49-46-43-40-37-35-33-30-27-25-23-20-17-14-11-8-5-2/h7,10,15-20,24-27,29,31,55H,4-6,8-9,11-14,21-23,28,30,32-54H2,1-3H3/b10-7-,18-15-,19-16-,20-17-,26-24-,27-25-,31-29-. The van der Waals surface area contributed by atoms with E-state index in [-0.39, 0.29) is 31.1 Å². The van der Waals surface area contributed by atoms with Crippen LogP contribution in [0.3, 0.4) is 0 Å². The Morgan fingerprint density at radius 1 is 0.328 bits per heavy atom. The quantitative estimate of drug-likeness (QED) is 0.0262. The van der Waals surface area contributed by atoms with Gasteiger partial charge in [0.2, 0.25) is 0 Å². The van der Waals surface area contributed by atoms with Crippen LogP contribution in [-0.4, -0.2) is 37.2 Å². The summed E-state index contributed by atoms with van der Waals surface area (Å²) in [6.07, 6.45) is 67.1. The number of ether oxygens (including phenoxy) is 3. The summed E-state index contributed by atoms with van der Waals surface area (Å²) >= 11 is 0. The first-order valence-corrected chi connectivity index (χ1v) is 26.6. The van der Waals surface area contributed by atoms with Crippen molar-refractivity contribution in [2.24, 2.45) is 0 Å². The summed E-state index contributed by atoms with van der Waals surface area (Å²) in [4.78, 5) is 38.0. The van der Waals surface area contributed by atoms with Gasteiger partial charge in [0.05, 0.1) is 0 Å². The lowest BCUT2D eigenvalue weighted by Gasteiger charge is -2.18. The van der Waals surface area contributed by atoms with E-state index >= 15 is 0 Å². The van der Waals surface area contributed by atoms with Gasteiger partial charge in [-0.25, -0.2) is 0 Å². The highest BCUT2D eigenvalue weighted by Gasteiger charge is 2.19. The molecule has 0 aliphatic carbocycles. The van der Waals surface area contributed by atoms with Crippen LogP contribution in [0.1, 0.15) is 245 Å². The van der Waals surface area contributed by atoms with E-state index in [4.69, 9.17) is 14.2 Å². The van der Waals surface area contributed by atoms with Crippen LogP contribution in [0.2, 0.25) is 0 Å². The Hall–Kier alpha value is -3.41. The fraction of sp³-hybridized carbons (Fsp3) is 0.707. The van der Waals surface area contributed by atoms with E-state index in [0.717, 1.165) is 128 Å². The van der Waals surface area contributed by atoms with Gasteiger partial charge in [-0.1, -0.05) is 202 Å². The molecule has 0 fully saturated rings. The normalized spacial score (nSPS) is 12.7. The number of rotatable bonds is 47. The summed E-state index contributed by atoms with van der Waals surface area (Å²) in [5, 5.41) is 0. The average molecular weight is 891 g/mol. The molecule has 6 heteroatoms. The summed E-state index contributed by atoms with van der Waals surface area (Å²) in [6, 6.07) is 0. The van der Waals surface area contributed by atoms with Crippen molar-refractivity contribution in [1.82, 2.24) is 0 Å². The van der Waals surface area contributed by atoms with Gasteiger partial charge in [0.15, 0.2) is 6.10 Å². The second-order valence-corrected chi connectivity index (χ2v) is 17.4. The maximum absolute atomic E-state index is 12.8. The highest BCUT2D eigenvalue weighted by Crippen LogP contribution is 2.14. The summed E-state index contributed by atoms with van der Waals surface area (Å²) in [6.45, 7) is 6.43. The molecule has 0 rings (SSSR count). The molecule has 0 saturated heterocycles. The maximum atomic E-state index is 12.8. The molecule has 0 heterocycles. The van der Waals surface area contributed by atoms with E-state index in [0.29, 0.717) is 19.3 Å². The van der Waals surface area contributed by atoms with Gasteiger partial charge in [0, 0.05) is 19.3 Å². The van der Waals surface area contributed by atoms with E-state index in [1.807, 2.05) is 0 Å². The molecule has 0 N–H and O–H groups in total. The monoisotopic (exact) mass is 891 g/mol. The smallest absolute Gasteiger partial charge is 0.306 e. The summed E-state index contributed by atoms with van der Waals surface area (Å²) in [5.41, 5.74) is 0. The number of carbonyl (C=O) groups excluding carboxylic acids is 3. The van der Waals surface area contributed by atoms with E-state index < -0.39 is 6.10 Å². The van der Waals surface area contributed by atoms with Crippen LogP contribution in [0, 0.1) is 0 Å². The van der Waals surface area contributed by atoms with Crippen LogP contribution in [0.5, 0.6) is 0 Å². The largest absolute Gasteiger partial charge is 0.462 e. The van der Waals surface area contributed by atoms with Crippen molar-refractivity contribution >= 4 is 17.9 Å². The fourth-order valence-corrected chi connectivity index (χ4v) is 7.09. The van der Waals surface area contributed by atoms with Crippen molar-refractivity contribution in [3.05, 3.63) is 85.1 Å². The molecule has 0 aromatic heterocycles. The van der Waals surface area contributed by atoms with Gasteiger partial charge in [-0.05, 0) is 109 Å².